The van der Waals surface area contributed by atoms with Crippen LogP contribution in [0.2, 0.25) is 0 Å². The first-order chi connectivity index (χ1) is 13.7. The van der Waals surface area contributed by atoms with E-state index in [1.54, 1.807) is 23.9 Å². The van der Waals surface area contributed by atoms with Crippen LogP contribution in [0, 0.1) is 12.7 Å². The van der Waals surface area contributed by atoms with E-state index >= 15 is 0 Å². The van der Waals surface area contributed by atoms with E-state index < -0.39 is 0 Å². The number of para-hydroxylation sites is 2. The topological polar surface area (TPSA) is 93.4 Å². The minimum absolute atomic E-state index is 0.229. The smallest absolute Gasteiger partial charge is 0.224 e. The molecule has 2 aromatic carbocycles. The Kier molecular flexibility index (Phi) is 3.71. The molecule has 0 bridgehead atoms. The minimum Gasteiger partial charge on any atom is -0.350 e. The first-order valence-corrected chi connectivity index (χ1v) is 8.70. The van der Waals surface area contributed by atoms with Crippen molar-refractivity contribution < 1.29 is 4.39 Å². The molecule has 0 spiro atoms. The summed E-state index contributed by atoms with van der Waals surface area (Å²) in [5.41, 5.74) is 3.77. The highest BCUT2D eigenvalue weighted by Gasteiger charge is 2.23. The Morgan fingerprint density at radius 3 is 2.96 bits per heavy atom. The fraction of sp³-hybridized carbons (Fsp3) is 0.105. The Morgan fingerprint density at radius 2 is 2.07 bits per heavy atom. The predicted molar refractivity (Wildman–Crippen MR) is 102 cm³/mol. The maximum absolute atomic E-state index is 13.7. The summed E-state index contributed by atoms with van der Waals surface area (Å²) in [5.74, 6) is 1.34. The van der Waals surface area contributed by atoms with Gasteiger partial charge in [-0.1, -0.05) is 24.3 Å². The minimum atomic E-state index is -0.229. The van der Waals surface area contributed by atoms with Crippen LogP contribution in [0.4, 0.5) is 21.8 Å². The Labute approximate surface area is 159 Å². The molecule has 2 aromatic heterocycles. The van der Waals surface area contributed by atoms with Gasteiger partial charge in [0.15, 0.2) is 5.82 Å². The van der Waals surface area contributed by atoms with Gasteiger partial charge in [0.05, 0.1) is 16.9 Å². The fourth-order valence-electron chi connectivity index (χ4n) is 3.06. The second-order valence-corrected chi connectivity index (χ2v) is 6.45. The van der Waals surface area contributed by atoms with Crippen molar-refractivity contribution >= 4 is 17.5 Å². The highest BCUT2D eigenvalue weighted by molar-refractivity contribution is 5.81. The second-order valence-electron chi connectivity index (χ2n) is 6.45. The lowest BCUT2D eigenvalue weighted by Gasteiger charge is -2.10. The zero-order valence-electron chi connectivity index (χ0n) is 14.9. The van der Waals surface area contributed by atoms with Crippen LogP contribution >= 0.6 is 0 Å². The maximum Gasteiger partial charge on any atom is 0.224 e. The van der Waals surface area contributed by atoms with Crippen LogP contribution in [0.15, 0.2) is 48.7 Å². The normalized spacial score (nSPS) is 11.6. The molecular formula is C19H15FN8. The summed E-state index contributed by atoms with van der Waals surface area (Å²) in [7, 11) is 0. The van der Waals surface area contributed by atoms with E-state index in [-0.39, 0.29) is 5.82 Å². The fourth-order valence-corrected chi connectivity index (χ4v) is 3.06. The molecule has 138 valence electrons. The third kappa shape index (κ3) is 2.73. The van der Waals surface area contributed by atoms with Gasteiger partial charge in [0.1, 0.15) is 11.6 Å². The molecule has 28 heavy (non-hydrogen) atoms. The largest absolute Gasteiger partial charge is 0.350 e. The van der Waals surface area contributed by atoms with E-state index in [2.05, 4.69) is 36.1 Å². The van der Waals surface area contributed by atoms with Crippen molar-refractivity contribution in [3.8, 4) is 17.1 Å². The van der Waals surface area contributed by atoms with Crippen LogP contribution in [0.3, 0.4) is 0 Å². The van der Waals surface area contributed by atoms with Crippen molar-refractivity contribution in [2.75, 3.05) is 10.6 Å². The van der Waals surface area contributed by atoms with Crippen LogP contribution in [-0.4, -0.2) is 30.2 Å². The van der Waals surface area contributed by atoms with E-state index in [9.17, 15) is 4.39 Å². The van der Waals surface area contributed by atoms with Crippen LogP contribution in [-0.2, 0) is 6.54 Å². The summed E-state index contributed by atoms with van der Waals surface area (Å²) in [6.45, 7) is 2.14. The molecule has 3 heterocycles. The molecule has 2 N–H and O–H groups in total. The van der Waals surface area contributed by atoms with Gasteiger partial charge in [0.25, 0.3) is 0 Å². The summed E-state index contributed by atoms with van der Waals surface area (Å²) in [6, 6.07) is 12.8. The lowest BCUT2D eigenvalue weighted by molar-refractivity contribution is 0.616. The number of halogens is 1. The van der Waals surface area contributed by atoms with Gasteiger partial charge in [-0.05, 0) is 46.7 Å². The lowest BCUT2D eigenvalue weighted by atomic mass is 10.1. The number of fused-ring (bicyclic) bond motifs is 5. The zero-order valence-corrected chi connectivity index (χ0v) is 14.9. The molecule has 9 heteroatoms. The number of nitrogens with one attached hydrogen (secondary N) is 2. The third-order valence-electron chi connectivity index (χ3n) is 4.57. The molecule has 0 fully saturated rings. The number of aryl methyl sites for hydroxylation is 1. The van der Waals surface area contributed by atoms with E-state index in [1.807, 2.05) is 30.3 Å². The van der Waals surface area contributed by atoms with Crippen molar-refractivity contribution in [1.82, 2.24) is 30.2 Å². The molecule has 8 nitrogen and oxygen atoms in total. The predicted octanol–water partition coefficient (Wildman–Crippen LogP) is 3.24. The van der Waals surface area contributed by atoms with Gasteiger partial charge in [0.2, 0.25) is 5.95 Å². The number of rotatable bonds is 3. The molecule has 0 unspecified atom stereocenters. The van der Waals surface area contributed by atoms with E-state index in [0.717, 1.165) is 16.9 Å². The van der Waals surface area contributed by atoms with Crippen LogP contribution in [0.5, 0.6) is 0 Å². The van der Waals surface area contributed by atoms with Crippen molar-refractivity contribution in [1.29, 1.82) is 0 Å². The van der Waals surface area contributed by atoms with Gasteiger partial charge >= 0.3 is 0 Å². The Morgan fingerprint density at radius 1 is 1.18 bits per heavy atom. The Balaban J connectivity index is 1.48. The molecular weight excluding hydrogens is 359 g/mol. The first-order valence-electron chi connectivity index (χ1n) is 8.70. The Bertz CT molecular complexity index is 1190. The zero-order chi connectivity index (χ0) is 19.1. The van der Waals surface area contributed by atoms with E-state index in [1.165, 1.54) is 6.07 Å². The molecule has 1 aliphatic heterocycles. The molecule has 0 aliphatic carbocycles. The second kappa shape index (κ2) is 6.38. The monoisotopic (exact) mass is 374 g/mol. The molecule has 0 atom stereocenters. The molecule has 0 saturated carbocycles. The van der Waals surface area contributed by atoms with Crippen molar-refractivity contribution in [3.63, 3.8) is 0 Å². The first kappa shape index (κ1) is 16.3. The van der Waals surface area contributed by atoms with Crippen molar-refractivity contribution in [3.05, 3.63) is 65.6 Å². The number of nitrogens with zero attached hydrogens (tertiary/aromatic N) is 6. The molecule has 1 aliphatic rings. The summed E-state index contributed by atoms with van der Waals surface area (Å²) in [4.78, 5) is 8.93. The summed E-state index contributed by atoms with van der Waals surface area (Å²) in [6.07, 6.45) is 1.67. The summed E-state index contributed by atoms with van der Waals surface area (Å²) >= 11 is 0. The van der Waals surface area contributed by atoms with Gasteiger partial charge in [-0.25, -0.2) is 9.37 Å². The average Bonchev–Trinajstić information content (AvgIpc) is 3.14. The van der Waals surface area contributed by atoms with Gasteiger partial charge in [0, 0.05) is 12.7 Å². The average molecular weight is 374 g/mol. The standard InChI is InChI=1S/C19H15FN8/c1-11-6-7-12(8-14(11)20)9-21-19-22-10-13-17(24-19)23-15-4-2-3-5-16(15)28-18(13)25-26-27-28/h2-8,10H,9H2,1H3,(H2,21,22,23,24). The molecule has 0 amide bonds. The highest BCUT2D eigenvalue weighted by Crippen LogP contribution is 2.35. The number of hydrogen-bond donors (Lipinski definition) is 2. The van der Waals surface area contributed by atoms with Crippen molar-refractivity contribution in [2.24, 2.45) is 0 Å². The highest BCUT2D eigenvalue weighted by atomic mass is 19.1. The van der Waals surface area contributed by atoms with Crippen LogP contribution in [0.1, 0.15) is 11.1 Å². The van der Waals surface area contributed by atoms with Gasteiger partial charge in [-0.3, -0.25) is 0 Å². The van der Waals surface area contributed by atoms with Gasteiger partial charge in [-0.2, -0.15) is 9.67 Å². The third-order valence-corrected chi connectivity index (χ3v) is 4.57. The molecule has 0 saturated heterocycles. The number of aromatic nitrogens is 6. The SMILES string of the molecule is Cc1ccc(CNc2ncc3c(n2)Nc2ccccc2-n2nnnc2-3)cc1F. The van der Waals surface area contributed by atoms with Crippen LogP contribution in [0.25, 0.3) is 17.1 Å². The van der Waals surface area contributed by atoms with E-state index in [4.69, 9.17) is 0 Å². The quantitative estimate of drug-likeness (QED) is 0.501. The van der Waals surface area contributed by atoms with Gasteiger partial charge < -0.3 is 10.6 Å². The maximum atomic E-state index is 13.7. The number of anilines is 3. The lowest BCUT2D eigenvalue weighted by Crippen LogP contribution is -2.06. The molecule has 4 aromatic rings. The van der Waals surface area contributed by atoms with E-state index in [0.29, 0.717) is 35.3 Å². The molecule has 5 rings (SSSR count). The van der Waals surface area contributed by atoms with Gasteiger partial charge in [-0.15, -0.1) is 5.10 Å². The summed E-state index contributed by atoms with van der Waals surface area (Å²) in [5, 5.41) is 18.4. The number of tetrazole rings is 1. The van der Waals surface area contributed by atoms with Crippen LogP contribution < -0.4 is 10.6 Å². The van der Waals surface area contributed by atoms with Crippen molar-refractivity contribution in [2.45, 2.75) is 13.5 Å². The number of benzene rings is 2. The molecule has 0 radical (unpaired) electrons. The Hall–Kier alpha value is -3.88. The summed E-state index contributed by atoms with van der Waals surface area (Å²) < 4.78 is 15.4. The number of hydrogen-bond acceptors (Lipinski definition) is 7.